The molecule has 0 heterocycles. The van der Waals surface area contributed by atoms with E-state index in [4.69, 9.17) is 0 Å². The smallest absolute Gasteiger partial charge is 0.132 e. The Kier molecular flexibility index (Phi) is 3.34. The Labute approximate surface area is 62.4 Å². The van der Waals surface area contributed by atoms with Crippen LogP contribution in [0.25, 0.3) is 0 Å². The minimum absolute atomic E-state index is 0.0880. The maximum absolute atomic E-state index is 13.2. The first-order chi connectivity index (χ1) is 4.54. The van der Waals surface area contributed by atoms with Gasteiger partial charge >= 0.3 is 0 Å². The Morgan fingerprint density at radius 2 is 2.10 bits per heavy atom. The van der Waals surface area contributed by atoms with E-state index in [1.165, 1.54) is 13.0 Å². The molecule has 0 amide bonds. The average molecular weight is 142 g/mol. The molecule has 0 rings (SSSR count). The number of allylic oxidation sites excluding steroid dienone is 3. The first-order valence-electron chi connectivity index (χ1n) is 3.50. The molecule has 0 saturated carbocycles. The highest BCUT2D eigenvalue weighted by molar-refractivity contribution is 5.03. The van der Waals surface area contributed by atoms with Gasteiger partial charge in [0.1, 0.15) is 5.67 Å². The van der Waals surface area contributed by atoms with Gasteiger partial charge < -0.3 is 0 Å². The Hall–Kier alpha value is -0.590. The number of hydrogen-bond donors (Lipinski definition) is 0. The topological polar surface area (TPSA) is 0 Å². The van der Waals surface area contributed by atoms with Crippen LogP contribution >= 0.6 is 0 Å². The second kappa shape index (κ2) is 3.55. The molecular formula is C9H15F. The molecule has 0 aromatic carbocycles. The molecular weight excluding hydrogens is 127 g/mol. The van der Waals surface area contributed by atoms with Crippen molar-refractivity contribution < 1.29 is 4.39 Å². The molecule has 0 bridgehead atoms. The van der Waals surface area contributed by atoms with Gasteiger partial charge in [-0.25, -0.2) is 4.39 Å². The normalized spacial score (nSPS) is 20.4. The van der Waals surface area contributed by atoms with Gasteiger partial charge in [0.25, 0.3) is 0 Å². The number of halogens is 1. The lowest BCUT2D eigenvalue weighted by Crippen LogP contribution is -2.22. The molecule has 0 nitrogen and oxygen atoms in total. The molecule has 58 valence electrons. The van der Waals surface area contributed by atoms with Gasteiger partial charge in [-0.05, 0) is 13.8 Å². The quantitative estimate of drug-likeness (QED) is 0.531. The largest absolute Gasteiger partial charge is 0.239 e. The summed E-state index contributed by atoms with van der Waals surface area (Å²) in [6.45, 7) is 8.68. The molecule has 0 saturated heterocycles. The molecule has 10 heavy (non-hydrogen) atoms. The molecule has 2 atom stereocenters. The van der Waals surface area contributed by atoms with Gasteiger partial charge in [-0.2, -0.15) is 0 Å². The number of alkyl halides is 1. The summed E-state index contributed by atoms with van der Waals surface area (Å²) < 4.78 is 13.2. The minimum atomic E-state index is -1.27. The second-order valence-electron chi connectivity index (χ2n) is 2.67. The van der Waals surface area contributed by atoms with Gasteiger partial charge in [-0.15, -0.1) is 0 Å². The molecule has 0 aromatic rings. The minimum Gasteiger partial charge on any atom is -0.239 e. The van der Waals surface area contributed by atoms with Crippen molar-refractivity contribution in [1.29, 1.82) is 0 Å². The molecule has 0 aliphatic rings. The predicted molar refractivity (Wildman–Crippen MR) is 43.7 cm³/mol. The van der Waals surface area contributed by atoms with Crippen molar-refractivity contribution >= 4 is 0 Å². The summed E-state index contributed by atoms with van der Waals surface area (Å²) >= 11 is 0. The van der Waals surface area contributed by atoms with E-state index >= 15 is 0 Å². The van der Waals surface area contributed by atoms with Gasteiger partial charge in [-0.1, -0.05) is 31.7 Å². The lowest BCUT2D eigenvalue weighted by Gasteiger charge is -2.20. The summed E-state index contributed by atoms with van der Waals surface area (Å²) in [7, 11) is 0. The van der Waals surface area contributed by atoms with Gasteiger partial charge in [0, 0.05) is 5.92 Å². The van der Waals surface area contributed by atoms with Crippen molar-refractivity contribution in [3.63, 3.8) is 0 Å². The van der Waals surface area contributed by atoms with E-state index in [0.717, 1.165) is 0 Å². The van der Waals surface area contributed by atoms with Crippen LogP contribution in [0.2, 0.25) is 0 Å². The van der Waals surface area contributed by atoms with E-state index < -0.39 is 5.67 Å². The average Bonchev–Trinajstić information content (AvgIpc) is 1.89. The van der Waals surface area contributed by atoms with Crippen molar-refractivity contribution in [3.05, 3.63) is 24.8 Å². The molecule has 1 heteroatoms. The third kappa shape index (κ3) is 2.34. The first-order valence-corrected chi connectivity index (χ1v) is 3.50. The van der Waals surface area contributed by atoms with Crippen LogP contribution in [0.5, 0.6) is 0 Å². The Morgan fingerprint density at radius 1 is 1.60 bits per heavy atom. The van der Waals surface area contributed by atoms with Crippen molar-refractivity contribution in [1.82, 2.24) is 0 Å². The fourth-order valence-electron chi connectivity index (χ4n) is 0.663. The standard InChI is InChI=1S/C9H15F/c1-5-7-8(3)9(4,10)6-2/h5-8H,2H2,1,3-4H3/b7-5-. The molecule has 0 aliphatic heterocycles. The van der Waals surface area contributed by atoms with Crippen molar-refractivity contribution in [3.8, 4) is 0 Å². The summed E-state index contributed by atoms with van der Waals surface area (Å²) in [5, 5.41) is 0. The maximum atomic E-state index is 13.2. The van der Waals surface area contributed by atoms with Crippen LogP contribution in [0, 0.1) is 5.92 Å². The van der Waals surface area contributed by atoms with Gasteiger partial charge in [0.2, 0.25) is 0 Å². The third-order valence-electron chi connectivity index (χ3n) is 1.77. The molecule has 0 radical (unpaired) electrons. The molecule has 0 aliphatic carbocycles. The monoisotopic (exact) mass is 142 g/mol. The summed E-state index contributed by atoms with van der Waals surface area (Å²) in [6, 6.07) is 0. The van der Waals surface area contributed by atoms with E-state index in [0.29, 0.717) is 0 Å². The molecule has 0 spiro atoms. The number of hydrogen-bond acceptors (Lipinski definition) is 0. The van der Waals surface area contributed by atoms with Gasteiger partial charge in [-0.3, -0.25) is 0 Å². The van der Waals surface area contributed by atoms with Crippen molar-refractivity contribution in [2.75, 3.05) is 0 Å². The highest BCUT2D eigenvalue weighted by Crippen LogP contribution is 2.23. The van der Waals surface area contributed by atoms with Crippen LogP contribution < -0.4 is 0 Å². The zero-order chi connectivity index (χ0) is 8.20. The highest BCUT2D eigenvalue weighted by Gasteiger charge is 2.24. The van der Waals surface area contributed by atoms with E-state index in [1.54, 1.807) is 0 Å². The zero-order valence-electron chi connectivity index (χ0n) is 6.89. The molecule has 2 unspecified atom stereocenters. The van der Waals surface area contributed by atoms with Gasteiger partial charge in [0.05, 0.1) is 0 Å². The summed E-state index contributed by atoms with van der Waals surface area (Å²) in [6.07, 6.45) is 5.03. The van der Waals surface area contributed by atoms with E-state index in [1.807, 2.05) is 26.0 Å². The zero-order valence-corrected chi connectivity index (χ0v) is 6.89. The SMILES string of the molecule is C=CC(C)(F)C(C)/C=C\C. The van der Waals surface area contributed by atoms with E-state index in [2.05, 4.69) is 6.58 Å². The lowest BCUT2D eigenvalue weighted by atomic mass is 9.92. The summed E-state index contributed by atoms with van der Waals surface area (Å²) in [5.41, 5.74) is -1.27. The Bertz CT molecular complexity index is 134. The first kappa shape index (κ1) is 9.41. The van der Waals surface area contributed by atoms with Crippen LogP contribution in [-0.4, -0.2) is 5.67 Å². The third-order valence-corrected chi connectivity index (χ3v) is 1.77. The predicted octanol–water partition coefficient (Wildman–Crippen LogP) is 3.11. The van der Waals surface area contributed by atoms with Crippen LogP contribution in [-0.2, 0) is 0 Å². The fourth-order valence-corrected chi connectivity index (χ4v) is 0.663. The highest BCUT2D eigenvalue weighted by atomic mass is 19.1. The number of rotatable bonds is 3. The summed E-state index contributed by atoms with van der Waals surface area (Å²) in [4.78, 5) is 0. The molecule has 0 aromatic heterocycles. The lowest BCUT2D eigenvalue weighted by molar-refractivity contribution is 0.202. The fraction of sp³-hybridized carbons (Fsp3) is 0.556. The van der Waals surface area contributed by atoms with Crippen LogP contribution in [0.15, 0.2) is 24.8 Å². The molecule has 0 N–H and O–H groups in total. The van der Waals surface area contributed by atoms with E-state index in [-0.39, 0.29) is 5.92 Å². The van der Waals surface area contributed by atoms with Gasteiger partial charge in [0.15, 0.2) is 0 Å². The Morgan fingerprint density at radius 3 is 2.40 bits per heavy atom. The van der Waals surface area contributed by atoms with Crippen LogP contribution in [0.1, 0.15) is 20.8 Å². The maximum Gasteiger partial charge on any atom is 0.132 e. The van der Waals surface area contributed by atoms with Crippen molar-refractivity contribution in [2.45, 2.75) is 26.4 Å². The Balaban J connectivity index is 4.16. The van der Waals surface area contributed by atoms with Crippen LogP contribution in [0.3, 0.4) is 0 Å². The summed E-state index contributed by atoms with van der Waals surface area (Å²) in [5.74, 6) is -0.0880. The second-order valence-corrected chi connectivity index (χ2v) is 2.67. The van der Waals surface area contributed by atoms with Crippen molar-refractivity contribution in [2.24, 2.45) is 5.92 Å². The van der Waals surface area contributed by atoms with E-state index in [9.17, 15) is 4.39 Å². The van der Waals surface area contributed by atoms with Crippen LogP contribution in [0.4, 0.5) is 4.39 Å². The molecule has 0 fully saturated rings.